The molecule has 0 unspecified atom stereocenters. The summed E-state index contributed by atoms with van der Waals surface area (Å²) in [6, 6.07) is 27.5. The van der Waals surface area contributed by atoms with E-state index in [1.807, 2.05) is 73.6 Å². The fourth-order valence-corrected chi connectivity index (χ4v) is 4.21. The molecular formula is C29H33N3O2. The van der Waals surface area contributed by atoms with Crippen molar-refractivity contribution in [1.29, 1.82) is 0 Å². The third-order valence-corrected chi connectivity index (χ3v) is 6.13. The Labute approximate surface area is 202 Å². The normalized spacial score (nSPS) is 13.2. The molecule has 5 nitrogen and oxygen atoms in total. The van der Waals surface area contributed by atoms with Gasteiger partial charge in [0.25, 0.3) is 5.91 Å². The first-order valence-corrected chi connectivity index (χ1v) is 12.0. The SMILES string of the molecule is CN(C)CCCN(C(=O)c1cccc(NC(=O)C2CC2)c1)C(c1ccccc1)c1ccccc1. The van der Waals surface area contributed by atoms with Gasteiger partial charge in [0, 0.05) is 23.7 Å². The van der Waals surface area contributed by atoms with Crippen molar-refractivity contribution >= 4 is 17.5 Å². The number of hydrogen-bond acceptors (Lipinski definition) is 3. The van der Waals surface area contributed by atoms with E-state index in [2.05, 4.69) is 34.5 Å². The van der Waals surface area contributed by atoms with Crippen LogP contribution in [-0.2, 0) is 4.79 Å². The second-order valence-corrected chi connectivity index (χ2v) is 9.22. The highest BCUT2D eigenvalue weighted by atomic mass is 16.2. The first kappa shape index (κ1) is 23.7. The first-order valence-electron chi connectivity index (χ1n) is 12.0. The molecule has 0 heterocycles. The van der Waals surface area contributed by atoms with Gasteiger partial charge in [0.1, 0.15) is 0 Å². The lowest BCUT2D eigenvalue weighted by atomic mass is 9.96. The summed E-state index contributed by atoms with van der Waals surface area (Å²) in [6.45, 7) is 1.50. The van der Waals surface area contributed by atoms with Gasteiger partial charge in [0.2, 0.25) is 5.91 Å². The highest BCUT2D eigenvalue weighted by Crippen LogP contribution is 2.32. The van der Waals surface area contributed by atoms with E-state index in [4.69, 9.17) is 0 Å². The Morgan fingerprint density at radius 2 is 1.47 bits per heavy atom. The van der Waals surface area contributed by atoms with Crippen LogP contribution in [0, 0.1) is 5.92 Å². The molecule has 0 atom stereocenters. The monoisotopic (exact) mass is 455 g/mol. The maximum Gasteiger partial charge on any atom is 0.254 e. The smallest absolute Gasteiger partial charge is 0.254 e. The van der Waals surface area contributed by atoms with Crippen molar-refractivity contribution in [2.75, 3.05) is 32.5 Å². The molecule has 1 N–H and O–H groups in total. The fourth-order valence-electron chi connectivity index (χ4n) is 4.21. The summed E-state index contributed by atoms with van der Waals surface area (Å²) >= 11 is 0. The third kappa shape index (κ3) is 6.12. The van der Waals surface area contributed by atoms with Crippen LogP contribution in [0.25, 0.3) is 0 Å². The van der Waals surface area contributed by atoms with E-state index in [1.165, 1.54) is 0 Å². The fraction of sp³-hybridized carbons (Fsp3) is 0.310. The van der Waals surface area contributed by atoms with E-state index in [1.54, 1.807) is 6.07 Å². The van der Waals surface area contributed by atoms with Gasteiger partial charge in [-0.25, -0.2) is 0 Å². The number of carbonyl (C=O) groups is 2. The molecule has 176 valence electrons. The zero-order valence-electron chi connectivity index (χ0n) is 20.0. The predicted molar refractivity (Wildman–Crippen MR) is 137 cm³/mol. The van der Waals surface area contributed by atoms with E-state index in [9.17, 15) is 9.59 Å². The zero-order chi connectivity index (χ0) is 23.9. The number of rotatable bonds is 10. The van der Waals surface area contributed by atoms with Gasteiger partial charge in [-0.2, -0.15) is 0 Å². The molecule has 0 saturated heterocycles. The Morgan fingerprint density at radius 1 is 0.853 bits per heavy atom. The van der Waals surface area contributed by atoms with Gasteiger partial charge in [0.15, 0.2) is 0 Å². The summed E-state index contributed by atoms with van der Waals surface area (Å²) in [7, 11) is 4.09. The maximum absolute atomic E-state index is 14.0. The molecule has 34 heavy (non-hydrogen) atoms. The minimum atomic E-state index is -0.207. The van der Waals surface area contributed by atoms with Gasteiger partial charge in [-0.3, -0.25) is 9.59 Å². The van der Waals surface area contributed by atoms with Gasteiger partial charge >= 0.3 is 0 Å². The van der Waals surface area contributed by atoms with Crippen molar-refractivity contribution < 1.29 is 9.59 Å². The molecule has 0 spiro atoms. The van der Waals surface area contributed by atoms with Crippen molar-refractivity contribution in [1.82, 2.24) is 9.80 Å². The van der Waals surface area contributed by atoms with Crippen LogP contribution in [0.1, 0.15) is 46.8 Å². The largest absolute Gasteiger partial charge is 0.327 e. The van der Waals surface area contributed by atoms with Crippen molar-refractivity contribution in [2.45, 2.75) is 25.3 Å². The van der Waals surface area contributed by atoms with E-state index in [0.29, 0.717) is 17.8 Å². The van der Waals surface area contributed by atoms with Crippen LogP contribution in [0.15, 0.2) is 84.9 Å². The van der Waals surface area contributed by atoms with Crippen LogP contribution in [0.5, 0.6) is 0 Å². The molecule has 3 aromatic rings. The van der Waals surface area contributed by atoms with Crippen molar-refractivity contribution in [3.05, 3.63) is 102 Å². The predicted octanol–water partition coefficient (Wildman–Crippen LogP) is 5.22. The van der Waals surface area contributed by atoms with E-state index in [-0.39, 0.29) is 23.8 Å². The molecule has 0 aliphatic heterocycles. The Balaban J connectivity index is 1.68. The maximum atomic E-state index is 14.0. The van der Waals surface area contributed by atoms with Gasteiger partial charge in [0.05, 0.1) is 6.04 Å². The lowest BCUT2D eigenvalue weighted by molar-refractivity contribution is -0.117. The molecule has 0 aromatic heterocycles. The molecule has 1 aliphatic carbocycles. The van der Waals surface area contributed by atoms with Crippen LogP contribution in [0.4, 0.5) is 5.69 Å². The number of hydrogen-bond donors (Lipinski definition) is 1. The van der Waals surface area contributed by atoms with E-state index in [0.717, 1.165) is 36.9 Å². The van der Waals surface area contributed by atoms with Gasteiger partial charge < -0.3 is 15.1 Å². The van der Waals surface area contributed by atoms with Crippen LogP contribution < -0.4 is 5.32 Å². The molecule has 3 aromatic carbocycles. The van der Waals surface area contributed by atoms with Crippen LogP contribution >= 0.6 is 0 Å². The number of benzene rings is 3. The minimum absolute atomic E-state index is 0.0406. The van der Waals surface area contributed by atoms with Gasteiger partial charge in [-0.05, 0) is 69.2 Å². The standard InChI is InChI=1S/C29H33N3O2/c1-31(2)19-10-20-32(27(22-11-5-3-6-12-22)23-13-7-4-8-14-23)29(34)25-15-9-16-26(21-25)30-28(33)24-17-18-24/h3-9,11-16,21,24,27H,10,17-20H2,1-2H3,(H,30,33). The zero-order valence-corrected chi connectivity index (χ0v) is 20.0. The Bertz CT molecular complexity index is 1060. The lowest BCUT2D eigenvalue weighted by Gasteiger charge is -2.33. The molecule has 2 amide bonds. The molecule has 5 heteroatoms. The summed E-state index contributed by atoms with van der Waals surface area (Å²) in [5.74, 6) is 0.111. The highest BCUT2D eigenvalue weighted by molar-refractivity contribution is 5.98. The lowest BCUT2D eigenvalue weighted by Crippen LogP contribution is -2.37. The van der Waals surface area contributed by atoms with E-state index >= 15 is 0 Å². The third-order valence-electron chi connectivity index (χ3n) is 6.13. The molecule has 0 bridgehead atoms. The van der Waals surface area contributed by atoms with Crippen molar-refractivity contribution in [3.8, 4) is 0 Å². The van der Waals surface area contributed by atoms with Crippen LogP contribution in [-0.4, -0.2) is 48.8 Å². The molecule has 0 radical (unpaired) electrons. The van der Waals surface area contributed by atoms with Crippen LogP contribution in [0.3, 0.4) is 0 Å². The van der Waals surface area contributed by atoms with Gasteiger partial charge in [-0.15, -0.1) is 0 Å². The molecule has 4 rings (SSSR count). The quantitative estimate of drug-likeness (QED) is 0.456. The van der Waals surface area contributed by atoms with E-state index < -0.39 is 0 Å². The number of nitrogens with one attached hydrogen (secondary N) is 1. The summed E-state index contributed by atoms with van der Waals surface area (Å²) in [4.78, 5) is 30.4. The van der Waals surface area contributed by atoms with Crippen LogP contribution in [0.2, 0.25) is 0 Å². The minimum Gasteiger partial charge on any atom is -0.327 e. The van der Waals surface area contributed by atoms with Crippen molar-refractivity contribution in [3.63, 3.8) is 0 Å². The molecule has 1 saturated carbocycles. The number of anilines is 1. The molecule has 1 fully saturated rings. The summed E-state index contributed by atoms with van der Waals surface area (Å²) in [6.07, 6.45) is 2.74. The summed E-state index contributed by atoms with van der Waals surface area (Å²) < 4.78 is 0. The average molecular weight is 456 g/mol. The Kier molecular flexibility index (Phi) is 7.76. The number of amides is 2. The van der Waals surface area contributed by atoms with Gasteiger partial charge in [-0.1, -0.05) is 66.7 Å². The Morgan fingerprint density at radius 3 is 2.03 bits per heavy atom. The second-order valence-electron chi connectivity index (χ2n) is 9.22. The Hall–Kier alpha value is -3.44. The molecule has 1 aliphatic rings. The first-order chi connectivity index (χ1) is 16.5. The van der Waals surface area contributed by atoms with Crippen molar-refractivity contribution in [2.24, 2.45) is 5.92 Å². The number of carbonyl (C=O) groups excluding carboxylic acids is 2. The number of nitrogens with zero attached hydrogens (tertiary/aromatic N) is 2. The summed E-state index contributed by atoms with van der Waals surface area (Å²) in [5.41, 5.74) is 3.40. The second kappa shape index (κ2) is 11.1. The summed E-state index contributed by atoms with van der Waals surface area (Å²) in [5, 5.41) is 2.97. The topological polar surface area (TPSA) is 52.6 Å². The average Bonchev–Trinajstić information content (AvgIpc) is 3.70. The highest BCUT2D eigenvalue weighted by Gasteiger charge is 2.30. The molecular weight excluding hydrogens is 422 g/mol.